The van der Waals surface area contributed by atoms with E-state index >= 15 is 0 Å². The molecule has 1 rings (SSSR count). The van der Waals surface area contributed by atoms with Gasteiger partial charge in [-0.05, 0) is 45.4 Å². The highest BCUT2D eigenvalue weighted by atomic mass is 35.5. The number of aryl methyl sites for hydroxylation is 1. The summed E-state index contributed by atoms with van der Waals surface area (Å²) in [7, 11) is 0. The van der Waals surface area contributed by atoms with E-state index in [0.717, 1.165) is 11.3 Å². The zero-order valence-corrected chi connectivity index (χ0v) is 10.9. The van der Waals surface area contributed by atoms with Crippen LogP contribution in [0.2, 0.25) is 5.02 Å². The average molecular weight is 240 g/mol. The number of benzene rings is 1. The smallest absolute Gasteiger partial charge is 0.193 e. The molecule has 16 heavy (non-hydrogen) atoms. The molecule has 0 aliphatic carbocycles. The second-order valence-corrected chi connectivity index (χ2v) is 5.19. The topological polar surface area (TPSA) is 50.4 Å². The number of nitrogens with one attached hydrogen (secondary N) is 1. The molecule has 0 heterocycles. The van der Waals surface area contributed by atoms with Crippen molar-refractivity contribution in [3.8, 4) is 0 Å². The fourth-order valence-electron chi connectivity index (χ4n) is 1.26. The van der Waals surface area contributed by atoms with Crippen LogP contribution in [0, 0.1) is 6.92 Å². The molecular weight excluding hydrogens is 222 g/mol. The van der Waals surface area contributed by atoms with E-state index in [2.05, 4.69) is 10.3 Å². The van der Waals surface area contributed by atoms with Crippen molar-refractivity contribution < 1.29 is 0 Å². The number of halogens is 1. The quantitative estimate of drug-likeness (QED) is 0.584. The zero-order valence-electron chi connectivity index (χ0n) is 10.1. The fraction of sp³-hybridized carbons (Fsp3) is 0.417. The molecule has 3 N–H and O–H groups in total. The molecule has 3 nitrogen and oxygen atoms in total. The van der Waals surface area contributed by atoms with Gasteiger partial charge in [0.1, 0.15) is 0 Å². The van der Waals surface area contributed by atoms with Crippen molar-refractivity contribution in [3.63, 3.8) is 0 Å². The highest BCUT2D eigenvalue weighted by Gasteiger charge is 2.08. The summed E-state index contributed by atoms with van der Waals surface area (Å²) < 4.78 is 0. The number of anilines is 1. The third-order valence-corrected chi connectivity index (χ3v) is 2.15. The Morgan fingerprint density at radius 3 is 2.56 bits per heavy atom. The predicted octanol–water partition coefficient (Wildman–Crippen LogP) is 3.17. The molecule has 0 atom stereocenters. The first-order valence-electron chi connectivity index (χ1n) is 5.16. The van der Waals surface area contributed by atoms with Crippen molar-refractivity contribution in [3.05, 3.63) is 28.8 Å². The van der Waals surface area contributed by atoms with Gasteiger partial charge in [-0.25, -0.2) is 4.99 Å². The lowest BCUT2D eigenvalue weighted by Gasteiger charge is -2.15. The molecule has 0 bridgehead atoms. The molecule has 0 aromatic heterocycles. The highest BCUT2D eigenvalue weighted by Crippen LogP contribution is 2.20. The highest BCUT2D eigenvalue weighted by molar-refractivity contribution is 6.31. The lowest BCUT2D eigenvalue weighted by atomic mass is 10.1. The summed E-state index contributed by atoms with van der Waals surface area (Å²) in [5, 5.41) is 3.73. The van der Waals surface area contributed by atoms with E-state index in [1.54, 1.807) is 0 Å². The van der Waals surface area contributed by atoms with Crippen LogP contribution in [0.1, 0.15) is 26.3 Å². The third kappa shape index (κ3) is 4.11. The number of nitrogens with zero attached hydrogens (tertiary/aromatic N) is 1. The van der Waals surface area contributed by atoms with Crippen LogP contribution >= 0.6 is 11.6 Å². The molecule has 0 fully saturated rings. The first-order chi connectivity index (χ1) is 7.28. The summed E-state index contributed by atoms with van der Waals surface area (Å²) >= 11 is 5.91. The Balaban J connectivity index is 2.89. The van der Waals surface area contributed by atoms with Gasteiger partial charge in [0.05, 0.1) is 5.54 Å². The minimum Gasteiger partial charge on any atom is -0.370 e. The van der Waals surface area contributed by atoms with E-state index in [1.165, 1.54) is 0 Å². The first kappa shape index (κ1) is 12.8. The summed E-state index contributed by atoms with van der Waals surface area (Å²) in [5.41, 5.74) is 7.58. The Labute approximate surface area is 102 Å². The van der Waals surface area contributed by atoms with Crippen LogP contribution in [0.25, 0.3) is 0 Å². The molecular formula is C12H18ClN3. The molecule has 1 aromatic carbocycles. The predicted molar refractivity (Wildman–Crippen MR) is 71.2 cm³/mol. The standard InChI is InChI=1S/C12H18ClN3/c1-8-5-6-9(13)7-10(8)15-11(14)16-12(2,3)4/h5-7H,1-4H3,(H3,14,15,16). The van der Waals surface area contributed by atoms with Gasteiger partial charge in [0.25, 0.3) is 0 Å². The minimum absolute atomic E-state index is 0.191. The molecule has 4 heteroatoms. The first-order valence-corrected chi connectivity index (χ1v) is 5.54. The molecule has 0 amide bonds. The van der Waals surface area contributed by atoms with Crippen LogP contribution in [0.15, 0.2) is 23.2 Å². The molecule has 88 valence electrons. The fourth-order valence-corrected chi connectivity index (χ4v) is 1.43. The number of hydrogen-bond acceptors (Lipinski definition) is 1. The van der Waals surface area contributed by atoms with E-state index < -0.39 is 0 Å². The van der Waals surface area contributed by atoms with Gasteiger partial charge >= 0.3 is 0 Å². The van der Waals surface area contributed by atoms with Crippen LogP contribution in [0.5, 0.6) is 0 Å². The Morgan fingerprint density at radius 2 is 2.00 bits per heavy atom. The van der Waals surface area contributed by atoms with Crippen molar-refractivity contribution in [2.24, 2.45) is 10.7 Å². The maximum atomic E-state index is 5.91. The average Bonchev–Trinajstić information content (AvgIpc) is 2.08. The van der Waals surface area contributed by atoms with Gasteiger partial charge in [-0.1, -0.05) is 17.7 Å². The third-order valence-electron chi connectivity index (χ3n) is 1.92. The number of guanidine groups is 1. The SMILES string of the molecule is Cc1ccc(Cl)cc1NC(N)=NC(C)(C)C. The van der Waals surface area contributed by atoms with Crippen molar-refractivity contribution >= 4 is 23.2 Å². The van der Waals surface area contributed by atoms with Crippen molar-refractivity contribution in [1.82, 2.24) is 0 Å². The summed E-state index contributed by atoms with van der Waals surface area (Å²) in [4.78, 5) is 4.32. The number of aliphatic imine (C=N–C) groups is 1. The van der Waals surface area contributed by atoms with Crippen LogP contribution in [0.3, 0.4) is 0 Å². The van der Waals surface area contributed by atoms with Crippen molar-refractivity contribution in [1.29, 1.82) is 0 Å². The van der Waals surface area contributed by atoms with Gasteiger partial charge < -0.3 is 11.1 Å². The maximum Gasteiger partial charge on any atom is 0.193 e. The minimum atomic E-state index is -0.191. The molecule has 0 saturated heterocycles. The molecule has 1 aromatic rings. The van der Waals surface area contributed by atoms with Gasteiger partial charge in [-0.15, -0.1) is 0 Å². The molecule has 0 radical (unpaired) electrons. The van der Waals surface area contributed by atoms with Gasteiger partial charge in [-0.3, -0.25) is 0 Å². The van der Waals surface area contributed by atoms with Gasteiger partial charge in [0.15, 0.2) is 5.96 Å². The second kappa shape index (κ2) is 4.74. The van der Waals surface area contributed by atoms with Crippen LogP contribution in [-0.2, 0) is 0 Å². The summed E-state index contributed by atoms with van der Waals surface area (Å²) in [5.74, 6) is 0.401. The largest absolute Gasteiger partial charge is 0.370 e. The summed E-state index contributed by atoms with van der Waals surface area (Å²) in [6.07, 6.45) is 0. The lowest BCUT2D eigenvalue weighted by molar-refractivity contribution is 0.583. The van der Waals surface area contributed by atoms with Crippen molar-refractivity contribution in [2.45, 2.75) is 33.2 Å². The molecule has 0 aliphatic heterocycles. The molecule has 0 aliphatic rings. The number of nitrogens with two attached hydrogens (primary N) is 1. The van der Waals surface area contributed by atoms with Crippen molar-refractivity contribution in [2.75, 3.05) is 5.32 Å². The molecule has 0 unspecified atom stereocenters. The Kier molecular flexibility index (Phi) is 3.81. The number of rotatable bonds is 1. The Hall–Kier alpha value is -1.22. The Morgan fingerprint density at radius 1 is 1.38 bits per heavy atom. The van der Waals surface area contributed by atoms with Gasteiger partial charge in [0, 0.05) is 10.7 Å². The second-order valence-electron chi connectivity index (χ2n) is 4.75. The molecule has 0 saturated carbocycles. The van der Waals surface area contributed by atoms with E-state index in [-0.39, 0.29) is 5.54 Å². The Bertz CT molecular complexity index is 405. The summed E-state index contributed by atoms with van der Waals surface area (Å²) in [6.45, 7) is 7.97. The monoisotopic (exact) mass is 239 g/mol. The summed E-state index contributed by atoms with van der Waals surface area (Å²) in [6, 6.07) is 5.62. The number of hydrogen-bond donors (Lipinski definition) is 2. The van der Waals surface area contributed by atoms with Crippen LogP contribution in [-0.4, -0.2) is 11.5 Å². The van der Waals surface area contributed by atoms with Crippen LogP contribution < -0.4 is 11.1 Å². The van der Waals surface area contributed by atoms with Crippen LogP contribution in [0.4, 0.5) is 5.69 Å². The van der Waals surface area contributed by atoms with E-state index in [1.807, 2.05) is 45.9 Å². The normalized spacial score (nSPS) is 12.7. The zero-order chi connectivity index (χ0) is 12.3. The maximum absolute atomic E-state index is 5.91. The molecule has 0 spiro atoms. The lowest BCUT2D eigenvalue weighted by Crippen LogP contribution is -2.27. The van der Waals surface area contributed by atoms with Gasteiger partial charge in [-0.2, -0.15) is 0 Å². The van der Waals surface area contributed by atoms with E-state index in [9.17, 15) is 0 Å². The van der Waals surface area contributed by atoms with E-state index in [4.69, 9.17) is 17.3 Å². The van der Waals surface area contributed by atoms with Gasteiger partial charge in [0.2, 0.25) is 0 Å². The van der Waals surface area contributed by atoms with E-state index in [0.29, 0.717) is 11.0 Å².